The molecule has 1 heterocycles. The normalized spacial score (nSPS) is 29.2. The van der Waals surface area contributed by atoms with E-state index in [2.05, 4.69) is 5.32 Å². The summed E-state index contributed by atoms with van der Waals surface area (Å²) in [5.74, 6) is 0.286. The highest BCUT2D eigenvalue weighted by Gasteiger charge is 2.39. The largest absolute Gasteiger partial charge is 0.416 e. The molecule has 0 bridgehead atoms. The first kappa shape index (κ1) is 14.6. The number of nitrogens with one attached hydrogen (secondary N) is 1. The van der Waals surface area contributed by atoms with Crippen molar-refractivity contribution in [3.63, 3.8) is 0 Å². The van der Waals surface area contributed by atoms with Crippen LogP contribution in [0.3, 0.4) is 0 Å². The molecule has 3 atom stereocenters. The van der Waals surface area contributed by atoms with Crippen molar-refractivity contribution < 1.29 is 18.0 Å². The number of hydrogen-bond donors (Lipinski definition) is 1. The van der Waals surface area contributed by atoms with Crippen molar-refractivity contribution in [1.82, 2.24) is 5.32 Å². The van der Waals surface area contributed by atoms with Crippen LogP contribution in [-0.4, -0.2) is 17.9 Å². The molecule has 1 aliphatic heterocycles. The number of rotatable bonds is 2. The van der Waals surface area contributed by atoms with Gasteiger partial charge in [-0.05, 0) is 37.3 Å². The van der Waals surface area contributed by atoms with E-state index in [9.17, 15) is 18.0 Å². The van der Waals surface area contributed by atoms with Gasteiger partial charge in [-0.25, -0.2) is 0 Å². The van der Waals surface area contributed by atoms with E-state index >= 15 is 0 Å². The molecule has 0 amide bonds. The fourth-order valence-electron chi connectivity index (χ4n) is 3.57. The lowest BCUT2D eigenvalue weighted by Crippen LogP contribution is -2.37. The van der Waals surface area contributed by atoms with Gasteiger partial charge in [-0.2, -0.15) is 13.2 Å². The van der Waals surface area contributed by atoms with Gasteiger partial charge in [-0.15, -0.1) is 0 Å². The smallest absolute Gasteiger partial charge is 0.304 e. The molecule has 0 aromatic heterocycles. The van der Waals surface area contributed by atoms with Crippen molar-refractivity contribution in [3.05, 3.63) is 35.4 Å². The number of alkyl halides is 3. The second-order valence-electron chi connectivity index (χ2n) is 6.05. The highest BCUT2D eigenvalue weighted by atomic mass is 19.4. The minimum atomic E-state index is -4.41. The van der Waals surface area contributed by atoms with Crippen LogP contribution in [0.25, 0.3) is 0 Å². The number of fused-ring (bicyclic) bond motifs is 1. The number of Topliss-reactive ketones (excluding diaryl/α,β-unsaturated/α-hetero) is 1. The first-order valence-electron chi connectivity index (χ1n) is 7.42. The molecule has 1 aromatic carbocycles. The van der Waals surface area contributed by atoms with Gasteiger partial charge in [0.2, 0.25) is 0 Å². The monoisotopic (exact) mass is 297 g/mol. The molecule has 2 nitrogen and oxygen atoms in total. The van der Waals surface area contributed by atoms with Crippen LogP contribution in [0, 0.1) is 5.92 Å². The van der Waals surface area contributed by atoms with Crippen molar-refractivity contribution in [2.75, 3.05) is 0 Å². The van der Waals surface area contributed by atoms with E-state index in [1.54, 1.807) is 0 Å². The lowest BCUT2D eigenvalue weighted by molar-refractivity contribution is -0.137. The summed E-state index contributed by atoms with van der Waals surface area (Å²) in [6.45, 7) is 0. The van der Waals surface area contributed by atoms with E-state index in [-0.39, 0.29) is 17.4 Å². The number of carbonyl (C=O) groups is 1. The van der Waals surface area contributed by atoms with Gasteiger partial charge in [0.25, 0.3) is 0 Å². The minimum Gasteiger partial charge on any atom is -0.304 e. The van der Waals surface area contributed by atoms with Crippen molar-refractivity contribution in [2.45, 2.75) is 50.4 Å². The Morgan fingerprint density at radius 1 is 1.19 bits per heavy atom. The molecule has 1 saturated carbocycles. The third-order valence-corrected chi connectivity index (χ3v) is 4.65. The predicted molar refractivity (Wildman–Crippen MR) is 73.1 cm³/mol. The van der Waals surface area contributed by atoms with E-state index in [0.29, 0.717) is 12.0 Å². The van der Waals surface area contributed by atoms with Crippen LogP contribution >= 0.6 is 0 Å². The molecule has 1 aliphatic carbocycles. The second kappa shape index (κ2) is 5.44. The highest BCUT2D eigenvalue weighted by molar-refractivity contribution is 6.00. The van der Waals surface area contributed by atoms with Gasteiger partial charge < -0.3 is 5.32 Å². The van der Waals surface area contributed by atoms with Gasteiger partial charge >= 0.3 is 6.18 Å². The number of ketones is 1. The average Bonchev–Trinajstić information content (AvgIpc) is 2.89. The van der Waals surface area contributed by atoms with Crippen molar-refractivity contribution >= 4 is 5.78 Å². The van der Waals surface area contributed by atoms with E-state index < -0.39 is 11.7 Å². The Labute approximate surface area is 121 Å². The molecular formula is C16H18F3NO. The molecule has 0 radical (unpaired) electrons. The zero-order valence-corrected chi connectivity index (χ0v) is 11.6. The van der Waals surface area contributed by atoms with Crippen LogP contribution in [0.2, 0.25) is 0 Å². The van der Waals surface area contributed by atoms with Gasteiger partial charge in [0.05, 0.1) is 11.6 Å². The van der Waals surface area contributed by atoms with Gasteiger partial charge in [-0.3, -0.25) is 4.79 Å². The van der Waals surface area contributed by atoms with E-state index in [4.69, 9.17) is 0 Å². The van der Waals surface area contributed by atoms with Gasteiger partial charge in [0.15, 0.2) is 5.78 Å². The first-order chi connectivity index (χ1) is 9.95. The maximum atomic E-state index is 12.7. The van der Waals surface area contributed by atoms with Gasteiger partial charge in [0.1, 0.15) is 0 Å². The Bertz CT molecular complexity index is 527. The number of carbonyl (C=O) groups excluding carboxylic acids is 1. The molecule has 1 aromatic rings. The Kier molecular flexibility index (Phi) is 3.78. The molecule has 114 valence electrons. The molecule has 1 N–H and O–H groups in total. The fraction of sp³-hybridized carbons (Fsp3) is 0.562. The predicted octanol–water partition coefficient (Wildman–Crippen LogP) is 3.81. The van der Waals surface area contributed by atoms with Crippen molar-refractivity contribution in [3.8, 4) is 0 Å². The summed E-state index contributed by atoms with van der Waals surface area (Å²) >= 11 is 0. The van der Waals surface area contributed by atoms with E-state index in [1.807, 2.05) is 0 Å². The van der Waals surface area contributed by atoms with Crippen molar-refractivity contribution in [1.29, 1.82) is 0 Å². The fourth-order valence-corrected chi connectivity index (χ4v) is 3.57. The van der Waals surface area contributed by atoms with Gasteiger partial charge in [-0.1, -0.05) is 25.0 Å². The average molecular weight is 297 g/mol. The van der Waals surface area contributed by atoms with Crippen LogP contribution in [-0.2, 0) is 6.18 Å². The molecule has 1 saturated heterocycles. The van der Waals surface area contributed by atoms with Crippen LogP contribution in [0.5, 0.6) is 0 Å². The highest BCUT2D eigenvalue weighted by Crippen LogP contribution is 2.35. The molecule has 3 rings (SSSR count). The Morgan fingerprint density at radius 3 is 2.67 bits per heavy atom. The third-order valence-electron chi connectivity index (χ3n) is 4.65. The van der Waals surface area contributed by atoms with Crippen LogP contribution in [0.15, 0.2) is 24.3 Å². The zero-order chi connectivity index (χ0) is 15.0. The SMILES string of the molecule is O=C(c1cccc(C(F)(F)F)c1)C1CC2CCCCC2N1. The number of hydrogen-bond acceptors (Lipinski definition) is 2. The summed E-state index contributed by atoms with van der Waals surface area (Å²) in [4.78, 5) is 12.4. The summed E-state index contributed by atoms with van der Waals surface area (Å²) in [6.07, 6.45) is 0.875. The quantitative estimate of drug-likeness (QED) is 0.841. The Morgan fingerprint density at radius 2 is 1.95 bits per heavy atom. The topological polar surface area (TPSA) is 29.1 Å². The minimum absolute atomic E-state index is 0.154. The molecule has 0 spiro atoms. The lowest BCUT2D eigenvalue weighted by atomic mass is 9.84. The molecule has 2 fully saturated rings. The van der Waals surface area contributed by atoms with E-state index in [0.717, 1.165) is 31.4 Å². The lowest BCUT2D eigenvalue weighted by Gasteiger charge is -2.24. The molecule has 3 unspecified atom stereocenters. The second-order valence-corrected chi connectivity index (χ2v) is 6.05. The maximum Gasteiger partial charge on any atom is 0.416 e. The maximum absolute atomic E-state index is 12.7. The van der Waals surface area contributed by atoms with Crippen LogP contribution in [0.1, 0.15) is 48.0 Å². The Balaban J connectivity index is 1.77. The van der Waals surface area contributed by atoms with E-state index in [1.165, 1.54) is 25.0 Å². The number of halogens is 3. The zero-order valence-electron chi connectivity index (χ0n) is 11.6. The van der Waals surface area contributed by atoms with Gasteiger partial charge in [0, 0.05) is 11.6 Å². The molecular weight excluding hydrogens is 279 g/mol. The summed E-state index contributed by atoms with van der Waals surface area (Å²) in [5, 5.41) is 3.32. The standard InChI is InChI=1S/C16H18F3NO/c17-16(18,19)12-6-3-5-11(8-12)15(21)14-9-10-4-1-2-7-13(10)20-14/h3,5-6,8,10,13-14,20H,1-2,4,7,9H2. The molecule has 2 aliphatic rings. The van der Waals surface area contributed by atoms with Crippen LogP contribution in [0.4, 0.5) is 13.2 Å². The third kappa shape index (κ3) is 2.98. The summed E-state index contributed by atoms with van der Waals surface area (Å²) < 4.78 is 38.2. The summed E-state index contributed by atoms with van der Waals surface area (Å²) in [6, 6.07) is 4.77. The molecule has 21 heavy (non-hydrogen) atoms. The first-order valence-corrected chi connectivity index (χ1v) is 7.42. The van der Waals surface area contributed by atoms with Crippen molar-refractivity contribution in [2.24, 2.45) is 5.92 Å². The summed E-state index contributed by atoms with van der Waals surface area (Å²) in [7, 11) is 0. The number of benzene rings is 1. The molecule has 5 heteroatoms. The van der Waals surface area contributed by atoms with Crippen LogP contribution < -0.4 is 5.32 Å². The Hall–Kier alpha value is -1.36. The summed E-state index contributed by atoms with van der Waals surface area (Å²) in [5.41, 5.74) is -0.607.